The van der Waals surface area contributed by atoms with Crippen molar-refractivity contribution in [3.05, 3.63) is 72.3 Å². The van der Waals surface area contributed by atoms with E-state index < -0.39 is 24.5 Å². The van der Waals surface area contributed by atoms with Crippen LogP contribution >= 0.6 is 0 Å². The van der Waals surface area contributed by atoms with Gasteiger partial charge in [0.15, 0.2) is 0 Å². The van der Waals surface area contributed by atoms with Crippen LogP contribution in [0.25, 0.3) is 11.1 Å². The van der Waals surface area contributed by atoms with Gasteiger partial charge in [0.05, 0.1) is 18.6 Å². The van der Waals surface area contributed by atoms with Crippen LogP contribution in [0.5, 0.6) is 11.5 Å². The minimum atomic E-state index is -0.641. The number of benzene rings is 2. The lowest BCUT2D eigenvalue weighted by Gasteiger charge is -2.38. The molecule has 0 radical (unpaired) electrons. The fourth-order valence-electron chi connectivity index (χ4n) is 8.49. The van der Waals surface area contributed by atoms with E-state index in [1.54, 1.807) is 0 Å². The first-order valence-corrected chi connectivity index (χ1v) is 19.7. The first-order chi connectivity index (χ1) is 25.2. The number of aliphatic hydroxyl groups excluding tert-OH is 1. The fraction of sp³-hybridized carbons (Fsp3) is 0.568. The summed E-state index contributed by atoms with van der Waals surface area (Å²) in [6, 6.07) is 13.6. The second kappa shape index (κ2) is 19.8. The summed E-state index contributed by atoms with van der Waals surface area (Å²) in [5.41, 5.74) is 3.36. The Labute approximate surface area is 310 Å². The zero-order valence-corrected chi connectivity index (χ0v) is 31.1. The molecule has 0 amide bonds. The Morgan fingerprint density at radius 2 is 1.40 bits per heavy atom. The van der Waals surface area contributed by atoms with E-state index in [9.17, 15) is 14.4 Å². The predicted octanol–water partition coefficient (Wildman–Crippen LogP) is 9.43. The Bertz CT molecular complexity index is 1510. The van der Waals surface area contributed by atoms with Crippen molar-refractivity contribution in [1.29, 1.82) is 0 Å². The summed E-state index contributed by atoms with van der Waals surface area (Å²) in [7, 11) is 0. The highest BCUT2D eigenvalue weighted by Crippen LogP contribution is 2.47. The molecule has 0 aromatic heterocycles. The molecule has 0 atom stereocenters. The van der Waals surface area contributed by atoms with Crippen molar-refractivity contribution < 1.29 is 38.4 Å². The van der Waals surface area contributed by atoms with Gasteiger partial charge >= 0.3 is 17.9 Å². The minimum absolute atomic E-state index is 0.00320. The number of hydrogen-bond acceptors (Lipinski definition) is 8. The van der Waals surface area contributed by atoms with Gasteiger partial charge in [0, 0.05) is 5.57 Å². The quantitative estimate of drug-likeness (QED) is 0.0793. The monoisotopic (exact) mass is 714 g/mol. The van der Waals surface area contributed by atoms with Crippen LogP contribution in [0.1, 0.15) is 121 Å². The Hall–Kier alpha value is -3.91. The highest BCUT2D eigenvalue weighted by molar-refractivity contribution is 5.94. The third kappa shape index (κ3) is 11.3. The van der Waals surface area contributed by atoms with Gasteiger partial charge in [-0.05, 0) is 129 Å². The van der Waals surface area contributed by atoms with Crippen LogP contribution in [0.3, 0.4) is 0 Å². The fourth-order valence-corrected chi connectivity index (χ4v) is 8.49. The summed E-state index contributed by atoms with van der Waals surface area (Å²) in [5.74, 6) is 2.25. The molecule has 3 fully saturated rings. The maximum Gasteiger partial charge on any atom is 0.339 e. The average Bonchev–Trinajstić information content (AvgIpc) is 3.17. The van der Waals surface area contributed by atoms with Gasteiger partial charge in [0.1, 0.15) is 30.8 Å². The van der Waals surface area contributed by atoms with E-state index >= 15 is 0 Å². The number of esters is 3. The molecule has 282 valence electrons. The second-order valence-corrected chi connectivity index (χ2v) is 15.1. The number of aliphatic hydroxyl groups is 1. The highest BCUT2D eigenvalue weighted by Gasteiger charge is 2.32. The zero-order chi connectivity index (χ0) is 36.9. The molecule has 0 aliphatic heterocycles. The number of carbonyl (C=O) groups is 3. The van der Waals surface area contributed by atoms with E-state index in [0.717, 1.165) is 73.0 Å². The van der Waals surface area contributed by atoms with Crippen LogP contribution in [0.2, 0.25) is 0 Å². The summed E-state index contributed by atoms with van der Waals surface area (Å²) >= 11 is 0. The molecule has 0 spiro atoms. The van der Waals surface area contributed by atoms with E-state index in [1.165, 1.54) is 57.8 Å². The number of rotatable bonds is 16. The van der Waals surface area contributed by atoms with Crippen LogP contribution in [-0.2, 0) is 23.9 Å². The van der Waals surface area contributed by atoms with Crippen molar-refractivity contribution in [2.24, 2.45) is 17.8 Å². The molecule has 1 N–H and O–H groups in total. The van der Waals surface area contributed by atoms with Gasteiger partial charge in [0.25, 0.3) is 0 Å². The number of hydrogen-bond donors (Lipinski definition) is 1. The van der Waals surface area contributed by atoms with E-state index in [1.807, 2.05) is 42.5 Å². The molecule has 8 heteroatoms. The molecule has 0 saturated heterocycles. The Morgan fingerprint density at radius 1 is 0.750 bits per heavy atom. The molecule has 5 rings (SSSR count). The van der Waals surface area contributed by atoms with Crippen molar-refractivity contribution in [3.8, 4) is 22.6 Å². The molecule has 0 bridgehead atoms. The summed E-state index contributed by atoms with van der Waals surface area (Å²) in [6.45, 7) is 9.39. The molecule has 3 aliphatic rings. The first kappa shape index (κ1) is 39.3. The SMILES string of the molecule is C=C(CO)C(=O)OCCOc1ccc(-c2ccc(OC(=O)C(=C)CC(=O)OC3CCCCC3)cc2C2CCC(C3CCC(CCC)CC3)CC2)cc1. The van der Waals surface area contributed by atoms with Crippen LogP contribution in [0, 0.1) is 17.8 Å². The molecule has 52 heavy (non-hydrogen) atoms. The van der Waals surface area contributed by atoms with E-state index in [4.69, 9.17) is 24.1 Å². The lowest BCUT2D eigenvalue weighted by Crippen LogP contribution is -2.25. The van der Waals surface area contributed by atoms with E-state index in [-0.39, 0.29) is 36.9 Å². The van der Waals surface area contributed by atoms with Gasteiger partial charge < -0.3 is 24.1 Å². The smallest absolute Gasteiger partial charge is 0.339 e. The van der Waals surface area contributed by atoms with Gasteiger partial charge in [-0.2, -0.15) is 0 Å². The largest absolute Gasteiger partial charge is 0.490 e. The molecule has 2 aromatic carbocycles. The Morgan fingerprint density at radius 3 is 2.06 bits per heavy atom. The van der Waals surface area contributed by atoms with Gasteiger partial charge in [0.2, 0.25) is 0 Å². The van der Waals surface area contributed by atoms with Crippen molar-refractivity contribution in [3.63, 3.8) is 0 Å². The summed E-state index contributed by atoms with van der Waals surface area (Å²) < 4.78 is 22.3. The maximum absolute atomic E-state index is 13.1. The third-order valence-corrected chi connectivity index (χ3v) is 11.4. The molecule has 2 aromatic rings. The lowest BCUT2D eigenvalue weighted by molar-refractivity contribution is -0.150. The normalized spacial score (nSPS) is 22.2. The molecule has 8 nitrogen and oxygen atoms in total. The standard InChI is InChI=1S/C44H58O8/c1-4-8-32-11-13-33(14-12-32)34-15-17-36(18-16-34)41-28-39(52-44(48)30(2)27-42(46)51-38-9-6-5-7-10-38)23-24-40(41)35-19-21-37(22-20-35)49-25-26-50-43(47)31(3)29-45/h19-24,28,32-34,36,38,45H,2-18,25-27,29H2,1H3. The minimum Gasteiger partial charge on any atom is -0.490 e. The molecular weight excluding hydrogens is 656 g/mol. The summed E-state index contributed by atoms with van der Waals surface area (Å²) in [6.07, 6.45) is 17.5. The third-order valence-electron chi connectivity index (χ3n) is 11.4. The Kier molecular flexibility index (Phi) is 15.0. The van der Waals surface area contributed by atoms with E-state index in [0.29, 0.717) is 17.4 Å². The molecule has 3 aliphatic carbocycles. The average molecular weight is 715 g/mol. The molecule has 0 unspecified atom stereocenters. The first-order valence-electron chi connectivity index (χ1n) is 19.7. The van der Waals surface area contributed by atoms with Crippen molar-refractivity contribution >= 4 is 17.9 Å². The predicted molar refractivity (Wildman–Crippen MR) is 202 cm³/mol. The number of carbonyl (C=O) groups excluding carboxylic acids is 3. The highest BCUT2D eigenvalue weighted by atomic mass is 16.6. The topological polar surface area (TPSA) is 108 Å². The van der Waals surface area contributed by atoms with Crippen molar-refractivity contribution in [1.82, 2.24) is 0 Å². The van der Waals surface area contributed by atoms with Crippen LogP contribution < -0.4 is 9.47 Å². The molecular formula is C44H58O8. The van der Waals surface area contributed by atoms with Crippen LogP contribution in [-0.4, -0.2) is 48.9 Å². The Balaban J connectivity index is 1.24. The molecule has 0 heterocycles. The lowest BCUT2D eigenvalue weighted by atomic mass is 9.67. The second-order valence-electron chi connectivity index (χ2n) is 15.1. The van der Waals surface area contributed by atoms with Crippen LogP contribution in [0.4, 0.5) is 0 Å². The molecule has 3 saturated carbocycles. The van der Waals surface area contributed by atoms with Crippen molar-refractivity contribution in [2.45, 2.75) is 122 Å². The van der Waals surface area contributed by atoms with Gasteiger partial charge in [-0.1, -0.05) is 70.4 Å². The van der Waals surface area contributed by atoms with E-state index in [2.05, 4.69) is 20.1 Å². The van der Waals surface area contributed by atoms with Gasteiger partial charge in [-0.15, -0.1) is 0 Å². The van der Waals surface area contributed by atoms with Crippen molar-refractivity contribution in [2.75, 3.05) is 19.8 Å². The zero-order valence-electron chi connectivity index (χ0n) is 31.1. The van der Waals surface area contributed by atoms with Gasteiger partial charge in [-0.3, -0.25) is 4.79 Å². The van der Waals surface area contributed by atoms with Gasteiger partial charge in [-0.25, -0.2) is 9.59 Å². The van der Waals surface area contributed by atoms with Crippen LogP contribution in [0.15, 0.2) is 66.8 Å². The number of ether oxygens (including phenoxy) is 4. The maximum atomic E-state index is 13.1. The summed E-state index contributed by atoms with van der Waals surface area (Å²) in [4.78, 5) is 37.4. The summed E-state index contributed by atoms with van der Waals surface area (Å²) in [5, 5.41) is 9.03.